The molecule has 0 heterocycles. The van der Waals surface area contributed by atoms with Crippen molar-refractivity contribution in [1.82, 2.24) is 0 Å². The van der Waals surface area contributed by atoms with Crippen LogP contribution >= 0.6 is 7.82 Å². The number of phosphoric acid groups is 1. The average molecular weight is 670 g/mol. The molecule has 8 nitrogen and oxygen atoms in total. The van der Waals surface area contributed by atoms with Crippen molar-refractivity contribution in [3.05, 3.63) is 48.6 Å². The molecular weight excluding hydrogens is 601 g/mol. The Bertz CT molecular complexity index is 844. The number of nitrogens with two attached hydrogens (primary N) is 1. The predicted molar refractivity (Wildman–Crippen MR) is 192 cm³/mol. The van der Waals surface area contributed by atoms with Gasteiger partial charge < -0.3 is 20.1 Å². The number of ether oxygens (including phenoxy) is 2. The van der Waals surface area contributed by atoms with Gasteiger partial charge >= 0.3 is 13.8 Å². The highest BCUT2D eigenvalue weighted by Gasteiger charge is 2.25. The molecule has 0 fully saturated rings. The van der Waals surface area contributed by atoms with Crippen LogP contribution in [-0.4, -0.2) is 49.9 Å². The number of allylic oxidation sites excluding steroid dienone is 8. The summed E-state index contributed by atoms with van der Waals surface area (Å²) in [5.74, 6) is -0.346. The summed E-state index contributed by atoms with van der Waals surface area (Å²) in [5, 5.41) is 0. The van der Waals surface area contributed by atoms with Crippen LogP contribution in [0, 0.1) is 0 Å². The number of unbranched alkanes of at least 4 members (excludes halogenated alkanes) is 13. The van der Waals surface area contributed by atoms with E-state index in [9.17, 15) is 14.3 Å². The Labute approximate surface area is 281 Å². The van der Waals surface area contributed by atoms with Crippen molar-refractivity contribution in [2.45, 2.75) is 148 Å². The zero-order chi connectivity index (χ0) is 33.8. The van der Waals surface area contributed by atoms with Gasteiger partial charge in [0, 0.05) is 19.6 Å². The van der Waals surface area contributed by atoms with Gasteiger partial charge in [-0.15, -0.1) is 0 Å². The van der Waals surface area contributed by atoms with Gasteiger partial charge in [-0.1, -0.05) is 133 Å². The first-order valence-corrected chi connectivity index (χ1v) is 19.6. The second-order valence-electron chi connectivity index (χ2n) is 11.7. The Morgan fingerprint density at radius 3 is 1.80 bits per heavy atom. The number of hydrogen-bond donors (Lipinski definition) is 2. The van der Waals surface area contributed by atoms with Crippen molar-refractivity contribution in [1.29, 1.82) is 0 Å². The molecule has 0 aliphatic carbocycles. The first kappa shape index (κ1) is 44.5. The van der Waals surface area contributed by atoms with Gasteiger partial charge in [0.2, 0.25) is 0 Å². The molecule has 2 unspecified atom stereocenters. The first-order valence-electron chi connectivity index (χ1n) is 18.1. The summed E-state index contributed by atoms with van der Waals surface area (Å²) in [6, 6.07) is 0. The van der Waals surface area contributed by atoms with E-state index >= 15 is 0 Å². The van der Waals surface area contributed by atoms with Gasteiger partial charge in [0.25, 0.3) is 0 Å². The molecular formula is C37H68NO7P. The van der Waals surface area contributed by atoms with Crippen LogP contribution in [0.4, 0.5) is 0 Å². The van der Waals surface area contributed by atoms with E-state index in [-0.39, 0.29) is 32.3 Å². The van der Waals surface area contributed by atoms with E-state index < -0.39 is 13.9 Å². The highest BCUT2D eigenvalue weighted by molar-refractivity contribution is 7.47. The maximum absolute atomic E-state index is 12.5. The van der Waals surface area contributed by atoms with Crippen molar-refractivity contribution in [3.8, 4) is 0 Å². The molecule has 0 radical (unpaired) electrons. The van der Waals surface area contributed by atoms with Crippen molar-refractivity contribution >= 4 is 13.8 Å². The molecule has 46 heavy (non-hydrogen) atoms. The standard InChI is InChI=1S/C37H68NO7P/c1-3-5-7-9-11-13-15-16-17-18-19-21-23-25-27-29-32-42-34-36(35-44-46(40,41)43-33-31-38)45-37(39)30-28-26-24-22-20-14-12-10-8-6-4-2/h5,7,11,13,16-17,19,21,36H,3-4,6,8-10,12,14-15,18,20,22-35,38H2,1-2H3,(H,40,41)/b7-5-,13-11-,17-16-,21-19-. The van der Waals surface area contributed by atoms with Gasteiger partial charge in [0.05, 0.1) is 19.8 Å². The molecule has 9 heteroatoms. The molecule has 0 saturated heterocycles. The van der Waals surface area contributed by atoms with E-state index in [1.165, 1.54) is 51.4 Å². The van der Waals surface area contributed by atoms with Crippen LogP contribution in [0.5, 0.6) is 0 Å². The normalized spacial score (nSPS) is 14.3. The highest BCUT2D eigenvalue weighted by atomic mass is 31.2. The molecule has 2 atom stereocenters. The van der Waals surface area contributed by atoms with Gasteiger partial charge in [-0.3, -0.25) is 13.8 Å². The molecule has 0 aromatic heterocycles. The van der Waals surface area contributed by atoms with Gasteiger partial charge in [-0.05, 0) is 51.4 Å². The quantitative estimate of drug-likeness (QED) is 0.0301. The number of rotatable bonds is 34. The van der Waals surface area contributed by atoms with Crippen LogP contribution in [0.25, 0.3) is 0 Å². The maximum Gasteiger partial charge on any atom is 0.472 e. The van der Waals surface area contributed by atoms with Crippen LogP contribution in [0.1, 0.15) is 142 Å². The minimum absolute atomic E-state index is 0.0939. The van der Waals surface area contributed by atoms with E-state index in [0.717, 1.165) is 70.6 Å². The number of phosphoric ester groups is 1. The van der Waals surface area contributed by atoms with Crippen molar-refractivity contribution < 1.29 is 32.8 Å². The molecule has 0 amide bonds. The van der Waals surface area contributed by atoms with Crippen LogP contribution in [0.3, 0.4) is 0 Å². The fraction of sp³-hybridized carbons (Fsp3) is 0.757. The molecule has 0 rings (SSSR count). The summed E-state index contributed by atoms with van der Waals surface area (Å²) >= 11 is 0. The predicted octanol–water partition coefficient (Wildman–Crippen LogP) is 10.1. The average Bonchev–Trinajstić information content (AvgIpc) is 3.04. The Morgan fingerprint density at radius 2 is 1.22 bits per heavy atom. The second kappa shape index (κ2) is 34.8. The van der Waals surface area contributed by atoms with E-state index in [4.69, 9.17) is 24.3 Å². The summed E-state index contributed by atoms with van der Waals surface area (Å²) in [6.07, 6.45) is 38.4. The third-order valence-electron chi connectivity index (χ3n) is 7.26. The van der Waals surface area contributed by atoms with Gasteiger partial charge in [0.1, 0.15) is 6.10 Å². The highest BCUT2D eigenvalue weighted by Crippen LogP contribution is 2.43. The molecule has 0 bridgehead atoms. The third-order valence-corrected chi connectivity index (χ3v) is 8.24. The molecule has 0 saturated carbocycles. The third kappa shape index (κ3) is 33.8. The van der Waals surface area contributed by atoms with Crippen molar-refractivity contribution in [2.75, 3.05) is 33.0 Å². The molecule has 3 N–H and O–H groups in total. The largest absolute Gasteiger partial charge is 0.472 e. The van der Waals surface area contributed by atoms with Crippen molar-refractivity contribution in [3.63, 3.8) is 0 Å². The number of carbonyl (C=O) groups is 1. The monoisotopic (exact) mass is 669 g/mol. The van der Waals surface area contributed by atoms with Crippen LogP contribution in [0.2, 0.25) is 0 Å². The molecule has 0 aliphatic heterocycles. The lowest BCUT2D eigenvalue weighted by Gasteiger charge is -2.20. The van der Waals surface area contributed by atoms with Crippen LogP contribution < -0.4 is 5.73 Å². The van der Waals surface area contributed by atoms with E-state index in [1.54, 1.807) is 0 Å². The molecule has 268 valence electrons. The van der Waals surface area contributed by atoms with Gasteiger partial charge in [0.15, 0.2) is 0 Å². The van der Waals surface area contributed by atoms with Crippen LogP contribution in [0.15, 0.2) is 48.6 Å². The molecule has 0 aromatic rings. The zero-order valence-corrected chi connectivity index (χ0v) is 30.2. The number of hydrogen-bond acceptors (Lipinski definition) is 7. The minimum Gasteiger partial charge on any atom is -0.457 e. The van der Waals surface area contributed by atoms with E-state index in [0.29, 0.717) is 13.0 Å². The summed E-state index contributed by atoms with van der Waals surface area (Å²) in [6.45, 7) is 4.70. The molecule has 0 aromatic carbocycles. The second-order valence-corrected chi connectivity index (χ2v) is 13.2. The Morgan fingerprint density at radius 1 is 0.674 bits per heavy atom. The van der Waals surface area contributed by atoms with Gasteiger partial charge in [-0.25, -0.2) is 4.57 Å². The summed E-state index contributed by atoms with van der Waals surface area (Å²) < 4.78 is 33.2. The summed E-state index contributed by atoms with van der Waals surface area (Å²) in [5.41, 5.74) is 5.34. The lowest BCUT2D eigenvalue weighted by atomic mass is 10.1. The number of carbonyl (C=O) groups excluding carboxylic acids is 1. The summed E-state index contributed by atoms with van der Waals surface area (Å²) in [7, 11) is -4.28. The lowest BCUT2D eigenvalue weighted by Crippen LogP contribution is -2.28. The molecule has 0 spiro atoms. The zero-order valence-electron chi connectivity index (χ0n) is 29.3. The fourth-order valence-electron chi connectivity index (χ4n) is 4.63. The summed E-state index contributed by atoms with van der Waals surface area (Å²) in [4.78, 5) is 22.3. The minimum atomic E-state index is -4.28. The lowest BCUT2D eigenvalue weighted by molar-refractivity contribution is -0.154. The Hall–Kier alpha value is -1.54. The van der Waals surface area contributed by atoms with Crippen LogP contribution in [-0.2, 0) is 27.9 Å². The SMILES string of the molecule is CC/C=C\C/C=C\C/C=C\C/C=C\CCCCCOCC(COP(=O)(O)OCCN)OC(=O)CCCCCCCCCCCCC. The number of esters is 1. The molecule has 0 aliphatic rings. The first-order chi connectivity index (χ1) is 22.4. The Kier molecular flexibility index (Phi) is 33.6. The van der Waals surface area contributed by atoms with Gasteiger partial charge in [-0.2, -0.15) is 0 Å². The smallest absolute Gasteiger partial charge is 0.457 e. The topological polar surface area (TPSA) is 117 Å². The van der Waals surface area contributed by atoms with E-state index in [2.05, 4.69) is 62.5 Å². The maximum atomic E-state index is 12.5. The fourth-order valence-corrected chi connectivity index (χ4v) is 5.40. The van der Waals surface area contributed by atoms with Crippen molar-refractivity contribution in [2.24, 2.45) is 5.73 Å². The Balaban J connectivity index is 4.18. The van der Waals surface area contributed by atoms with E-state index in [1.807, 2.05) is 0 Å².